The Balaban J connectivity index is 0.00000132. The molecule has 1 aliphatic heterocycles. The van der Waals surface area contributed by atoms with Crippen LogP contribution in [0.1, 0.15) is 32.1 Å². The van der Waals surface area contributed by atoms with Crippen LogP contribution in [0.2, 0.25) is 0 Å². The molecule has 3 rings (SSSR count). The molecule has 0 aromatic carbocycles. The quantitative estimate of drug-likeness (QED) is 0.852. The van der Waals surface area contributed by atoms with E-state index in [1.807, 2.05) is 6.07 Å². The molecule has 1 amide bonds. The number of rotatable bonds is 3. The molecule has 2 heterocycles. The highest BCUT2D eigenvalue weighted by molar-refractivity contribution is 5.85. The SMILES string of the molecule is Cl.Cl.NC1CCC(C(=O)NC2CCCN(c3ncccn3)C2)C1. The molecule has 0 radical (unpaired) electrons. The van der Waals surface area contributed by atoms with E-state index in [-0.39, 0.29) is 48.7 Å². The summed E-state index contributed by atoms with van der Waals surface area (Å²) in [6, 6.07) is 2.20. The molecule has 3 atom stereocenters. The van der Waals surface area contributed by atoms with Crippen LogP contribution < -0.4 is 16.0 Å². The van der Waals surface area contributed by atoms with Crippen molar-refractivity contribution in [1.82, 2.24) is 15.3 Å². The molecule has 1 saturated heterocycles. The van der Waals surface area contributed by atoms with Crippen molar-refractivity contribution in [2.24, 2.45) is 11.7 Å². The molecule has 3 N–H and O–H groups in total. The van der Waals surface area contributed by atoms with Crippen LogP contribution in [0.4, 0.5) is 5.95 Å². The Morgan fingerprint density at radius 2 is 1.96 bits per heavy atom. The lowest BCUT2D eigenvalue weighted by molar-refractivity contribution is -0.125. The molecule has 23 heavy (non-hydrogen) atoms. The van der Waals surface area contributed by atoms with Crippen LogP contribution in [-0.2, 0) is 4.79 Å². The highest BCUT2D eigenvalue weighted by Gasteiger charge is 2.30. The number of hydrogen-bond acceptors (Lipinski definition) is 5. The van der Waals surface area contributed by atoms with Crippen molar-refractivity contribution in [2.45, 2.75) is 44.2 Å². The van der Waals surface area contributed by atoms with Crippen molar-refractivity contribution >= 4 is 36.7 Å². The van der Waals surface area contributed by atoms with Crippen LogP contribution in [0.3, 0.4) is 0 Å². The summed E-state index contributed by atoms with van der Waals surface area (Å²) in [5.41, 5.74) is 5.89. The summed E-state index contributed by atoms with van der Waals surface area (Å²) in [5.74, 6) is 1.02. The molecule has 1 saturated carbocycles. The van der Waals surface area contributed by atoms with Gasteiger partial charge in [-0.25, -0.2) is 9.97 Å². The maximum absolute atomic E-state index is 12.3. The smallest absolute Gasteiger partial charge is 0.225 e. The van der Waals surface area contributed by atoms with Gasteiger partial charge in [0.1, 0.15) is 0 Å². The van der Waals surface area contributed by atoms with E-state index in [9.17, 15) is 4.79 Å². The Hall–Kier alpha value is -1.11. The Morgan fingerprint density at radius 3 is 2.61 bits per heavy atom. The molecule has 2 fully saturated rings. The van der Waals surface area contributed by atoms with E-state index in [4.69, 9.17) is 5.73 Å². The first-order valence-electron chi connectivity index (χ1n) is 7.80. The first kappa shape index (κ1) is 19.9. The summed E-state index contributed by atoms with van der Waals surface area (Å²) in [4.78, 5) is 23.0. The molecule has 130 valence electrons. The van der Waals surface area contributed by atoms with Crippen LogP contribution in [-0.4, -0.2) is 41.0 Å². The molecule has 8 heteroatoms. The number of nitrogens with two attached hydrogens (primary N) is 1. The van der Waals surface area contributed by atoms with Gasteiger partial charge < -0.3 is 16.0 Å². The number of halogens is 2. The fourth-order valence-corrected chi connectivity index (χ4v) is 3.30. The number of amides is 1. The standard InChI is InChI=1S/C15H23N5O.2ClH/c16-12-5-4-11(9-12)14(21)19-13-3-1-8-20(10-13)15-17-6-2-7-18-15;;/h2,6-7,11-13H,1,3-5,8-10,16H2,(H,19,21);2*1H. The third-order valence-corrected chi connectivity index (χ3v) is 4.45. The molecule has 1 aromatic rings. The second kappa shape index (κ2) is 9.25. The Morgan fingerprint density at radius 1 is 1.22 bits per heavy atom. The molecular weight excluding hydrogens is 337 g/mol. The number of anilines is 1. The highest BCUT2D eigenvalue weighted by atomic mass is 35.5. The molecule has 2 aliphatic rings. The van der Waals surface area contributed by atoms with Crippen molar-refractivity contribution in [2.75, 3.05) is 18.0 Å². The van der Waals surface area contributed by atoms with E-state index in [2.05, 4.69) is 20.2 Å². The molecule has 3 unspecified atom stereocenters. The van der Waals surface area contributed by atoms with Gasteiger partial charge in [-0.3, -0.25) is 4.79 Å². The average molecular weight is 362 g/mol. The number of aromatic nitrogens is 2. The normalized spacial score (nSPS) is 26.8. The first-order valence-corrected chi connectivity index (χ1v) is 7.80. The van der Waals surface area contributed by atoms with Crippen LogP contribution in [0, 0.1) is 5.92 Å². The monoisotopic (exact) mass is 361 g/mol. The number of nitrogens with zero attached hydrogens (tertiary/aromatic N) is 3. The fourth-order valence-electron chi connectivity index (χ4n) is 3.30. The number of piperidine rings is 1. The zero-order valence-electron chi connectivity index (χ0n) is 13.1. The maximum Gasteiger partial charge on any atom is 0.225 e. The van der Waals surface area contributed by atoms with E-state index in [1.165, 1.54) is 0 Å². The van der Waals surface area contributed by atoms with Crippen LogP contribution in [0.5, 0.6) is 0 Å². The predicted molar refractivity (Wildman–Crippen MR) is 95.2 cm³/mol. The zero-order valence-corrected chi connectivity index (χ0v) is 14.7. The van der Waals surface area contributed by atoms with Gasteiger partial charge in [0.05, 0.1) is 0 Å². The number of nitrogens with one attached hydrogen (secondary N) is 1. The lowest BCUT2D eigenvalue weighted by Gasteiger charge is -2.33. The Kier molecular flexibility index (Phi) is 8.02. The van der Waals surface area contributed by atoms with E-state index in [0.29, 0.717) is 0 Å². The lowest BCUT2D eigenvalue weighted by atomic mass is 10.0. The van der Waals surface area contributed by atoms with Gasteiger partial charge in [0.2, 0.25) is 11.9 Å². The summed E-state index contributed by atoms with van der Waals surface area (Å²) in [5, 5.41) is 3.19. The fraction of sp³-hybridized carbons (Fsp3) is 0.667. The van der Waals surface area contributed by atoms with Crippen LogP contribution >= 0.6 is 24.8 Å². The van der Waals surface area contributed by atoms with Crippen LogP contribution in [0.25, 0.3) is 0 Å². The minimum absolute atomic E-state index is 0. The lowest BCUT2D eigenvalue weighted by Crippen LogP contribution is -2.49. The van der Waals surface area contributed by atoms with Crippen molar-refractivity contribution in [1.29, 1.82) is 0 Å². The third-order valence-electron chi connectivity index (χ3n) is 4.45. The van der Waals surface area contributed by atoms with Gasteiger partial charge in [-0.2, -0.15) is 0 Å². The summed E-state index contributed by atoms with van der Waals surface area (Å²) in [7, 11) is 0. The molecule has 1 aromatic heterocycles. The van der Waals surface area contributed by atoms with Gasteiger partial charge in [0, 0.05) is 43.5 Å². The Bertz CT molecular complexity index is 490. The van der Waals surface area contributed by atoms with E-state index < -0.39 is 0 Å². The van der Waals surface area contributed by atoms with E-state index in [1.54, 1.807) is 12.4 Å². The number of carbonyl (C=O) groups excluding carboxylic acids is 1. The largest absolute Gasteiger partial charge is 0.351 e. The minimum atomic E-state index is 0. The topological polar surface area (TPSA) is 84.1 Å². The van der Waals surface area contributed by atoms with E-state index in [0.717, 1.165) is 51.1 Å². The molecule has 0 bridgehead atoms. The third kappa shape index (κ3) is 5.19. The molecule has 1 aliphatic carbocycles. The number of carbonyl (C=O) groups is 1. The van der Waals surface area contributed by atoms with Gasteiger partial charge in [-0.15, -0.1) is 24.8 Å². The second-order valence-corrected chi connectivity index (χ2v) is 6.11. The van der Waals surface area contributed by atoms with Gasteiger partial charge >= 0.3 is 0 Å². The van der Waals surface area contributed by atoms with Crippen molar-refractivity contribution in [3.63, 3.8) is 0 Å². The maximum atomic E-state index is 12.3. The second-order valence-electron chi connectivity index (χ2n) is 6.11. The van der Waals surface area contributed by atoms with Crippen LogP contribution in [0.15, 0.2) is 18.5 Å². The summed E-state index contributed by atoms with van der Waals surface area (Å²) in [6.07, 6.45) is 8.29. The van der Waals surface area contributed by atoms with E-state index >= 15 is 0 Å². The van der Waals surface area contributed by atoms with Gasteiger partial charge in [-0.05, 0) is 38.2 Å². The zero-order chi connectivity index (χ0) is 14.7. The average Bonchev–Trinajstić information content (AvgIpc) is 2.95. The first-order chi connectivity index (χ1) is 10.2. The Labute approximate surface area is 149 Å². The van der Waals surface area contributed by atoms with Crippen molar-refractivity contribution in [3.05, 3.63) is 18.5 Å². The number of hydrogen-bond donors (Lipinski definition) is 2. The van der Waals surface area contributed by atoms with Gasteiger partial charge in [0.25, 0.3) is 0 Å². The molecular formula is C15H25Cl2N5O. The van der Waals surface area contributed by atoms with Gasteiger partial charge in [0.15, 0.2) is 0 Å². The molecule has 0 spiro atoms. The van der Waals surface area contributed by atoms with Crippen molar-refractivity contribution in [3.8, 4) is 0 Å². The molecule has 6 nitrogen and oxygen atoms in total. The van der Waals surface area contributed by atoms with Gasteiger partial charge in [-0.1, -0.05) is 0 Å². The summed E-state index contributed by atoms with van der Waals surface area (Å²) < 4.78 is 0. The summed E-state index contributed by atoms with van der Waals surface area (Å²) >= 11 is 0. The highest BCUT2D eigenvalue weighted by Crippen LogP contribution is 2.25. The minimum Gasteiger partial charge on any atom is -0.351 e. The predicted octanol–water partition coefficient (Wildman–Crippen LogP) is 1.53. The van der Waals surface area contributed by atoms with Crippen molar-refractivity contribution < 1.29 is 4.79 Å². The summed E-state index contributed by atoms with van der Waals surface area (Å²) in [6.45, 7) is 1.74.